The minimum Gasteiger partial charge on any atom is -0.341 e. The molecule has 1 aromatic carbocycles. The molecule has 0 radical (unpaired) electrons. The van der Waals surface area contributed by atoms with Gasteiger partial charge in [0.05, 0.1) is 5.92 Å². The van der Waals surface area contributed by atoms with Gasteiger partial charge in [-0.1, -0.05) is 36.4 Å². The Morgan fingerprint density at radius 1 is 1.06 bits per heavy atom. The van der Waals surface area contributed by atoms with E-state index in [4.69, 9.17) is 0 Å². The highest BCUT2D eigenvalue weighted by atomic mass is 16.2. The van der Waals surface area contributed by atoms with Crippen molar-refractivity contribution in [1.29, 1.82) is 0 Å². The van der Waals surface area contributed by atoms with Crippen LogP contribution in [0.3, 0.4) is 0 Å². The van der Waals surface area contributed by atoms with E-state index in [2.05, 4.69) is 9.97 Å². The summed E-state index contributed by atoms with van der Waals surface area (Å²) in [4.78, 5) is 48.4. The maximum atomic E-state index is 13.3. The molecule has 7 heteroatoms. The van der Waals surface area contributed by atoms with Gasteiger partial charge >= 0.3 is 0 Å². The lowest BCUT2D eigenvalue weighted by molar-refractivity contribution is -0.134. The van der Waals surface area contributed by atoms with Crippen molar-refractivity contribution in [1.82, 2.24) is 19.8 Å². The van der Waals surface area contributed by atoms with Gasteiger partial charge in [0.1, 0.15) is 5.69 Å². The predicted octanol–water partition coefficient (Wildman–Crippen LogP) is 2.60. The zero-order valence-corrected chi connectivity index (χ0v) is 18.0. The van der Waals surface area contributed by atoms with Crippen molar-refractivity contribution in [2.75, 3.05) is 26.2 Å². The van der Waals surface area contributed by atoms with Gasteiger partial charge in [0, 0.05) is 50.2 Å². The Morgan fingerprint density at radius 3 is 2.66 bits per heavy atom. The first-order valence-electron chi connectivity index (χ1n) is 10.8. The van der Waals surface area contributed by atoms with Crippen LogP contribution in [-0.4, -0.2) is 57.8 Å². The van der Waals surface area contributed by atoms with Crippen molar-refractivity contribution in [3.8, 4) is 11.1 Å². The third kappa shape index (κ3) is 4.61. The lowest BCUT2D eigenvalue weighted by Gasteiger charge is -2.24. The Kier molecular flexibility index (Phi) is 6.44. The van der Waals surface area contributed by atoms with Gasteiger partial charge < -0.3 is 14.8 Å². The maximum Gasteiger partial charge on any atom is 0.270 e. The zero-order valence-electron chi connectivity index (χ0n) is 18.0. The van der Waals surface area contributed by atoms with E-state index in [1.165, 1.54) is 6.07 Å². The molecule has 0 aliphatic carbocycles. The van der Waals surface area contributed by atoms with Crippen molar-refractivity contribution < 1.29 is 9.59 Å². The Morgan fingerprint density at radius 2 is 1.91 bits per heavy atom. The Balaban J connectivity index is 1.64. The minimum atomic E-state index is -0.380. The average Bonchev–Trinajstić information content (AvgIpc) is 2.98. The highest BCUT2D eigenvalue weighted by molar-refractivity contribution is 5.93. The van der Waals surface area contributed by atoms with E-state index in [-0.39, 0.29) is 29.0 Å². The summed E-state index contributed by atoms with van der Waals surface area (Å²) in [5, 5.41) is 0. The first-order valence-corrected chi connectivity index (χ1v) is 10.8. The molecular formula is C25H26N4O3. The maximum absolute atomic E-state index is 13.3. The number of carbonyl (C=O) groups excluding carboxylic acids is 2. The lowest BCUT2D eigenvalue weighted by Crippen LogP contribution is -2.38. The topological polar surface area (TPSA) is 86.4 Å². The van der Waals surface area contributed by atoms with Crippen LogP contribution >= 0.6 is 0 Å². The van der Waals surface area contributed by atoms with Gasteiger partial charge in [-0.3, -0.25) is 19.4 Å². The van der Waals surface area contributed by atoms with E-state index in [1.807, 2.05) is 49.5 Å². The zero-order chi connectivity index (χ0) is 22.5. The van der Waals surface area contributed by atoms with E-state index in [1.54, 1.807) is 28.1 Å². The van der Waals surface area contributed by atoms with Gasteiger partial charge in [-0.25, -0.2) is 0 Å². The molecule has 164 valence electrons. The summed E-state index contributed by atoms with van der Waals surface area (Å²) >= 11 is 0. The number of pyridine rings is 2. The van der Waals surface area contributed by atoms with Crippen molar-refractivity contribution in [3.05, 3.63) is 88.6 Å². The van der Waals surface area contributed by atoms with Crippen LogP contribution in [0.5, 0.6) is 0 Å². The molecule has 2 aromatic heterocycles. The third-order valence-electron chi connectivity index (χ3n) is 5.87. The van der Waals surface area contributed by atoms with Crippen molar-refractivity contribution in [2.45, 2.75) is 13.3 Å². The average molecular weight is 431 g/mol. The number of aromatic amines is 1. The molecular weight excluding hydrogens is 404 g/mol. The van der Waals surface area contributed by atoms with Gasteiger partial charge in [0.15, 0.2) is 0 Å². The summed E-state index contributed by atoms with van der Waals surface area (Å²) in [7, 11) is 0. The molecule has 0 spiro atoms. The van der Waals surface area contributed by atoms with Gasteiger partial charge in [0.2, 0.25) is 11.5 Å². The van der Waals surface area contributed by atoms with E-state index in [9.17, 15) is 14.4 Å². The molecule has 4 rings (SSSR count). The number of hydrogen-bond donors (Lipinski definition) is 1. The summed E-state index contributed by atoms with van der Waals surface area (Å²) in [5.74, 6) is -0.598. The van der Waals surface area contributed by atoms with Crippen LogP contribution in [-0.2, 0) is 11.2 Å². The molecule has 2 amide bonds. The molecule has 1 aliphatic rings. The molecule has 1 unspecified atom stereocenters. The number of hydrogen-bond acceptors (Lipinski definition) is 4. The van der Waals surface area contributed by atoms with E-state index in [0.717, 1.165) is 16.7 Å². The lowest BCUT2D eigenvalue weighted by atomic mass is 9.91. The van der Waals surface area contributed by atoms with Crippen LogP contribution in [0, 0.1) is 5.92 Å². The van der Waals surface area contributed by atoms with Crippen molar-refractivity contribution in [3.63, 3.8) is 0 Å². The Bertz CT molecular complexity index is 1160. The highest BCUT2D eigenvalue weighted by Crippen LogP contribution is 2.27. The normalized spacial score (nSPS) is 16.7. The molecule has 7 nitrogen and oxygen atoms in total. The number of carbonyl (C=O) groups is 2. The quantitative estimate of drug-likeness (QED) is 0.674. The van der Waals surface area contributed by atoms with E-state index in [0.29, 0.717) is 32.6 Å². The number of nitrogens with zero attached hydrogens (tertiary/aromatic N) is 3. The molecule has 3 heterocycles. The summed E-state index contributed by atoms with van der Waals surface area (Å²) in [6.07, 6.45) is 4.06. The molecule has 1 aliphatic heterocycles. The summed E-state index contributed by atoms with van der Waals surface area (Å²) in [5.41, 5.74) is 2.98. The van der Waals surface area contributed by atoms with Crippen LogP contribution < -0.4 is 5.56 Å². The predicted molar refractivity (Wildman–Crippen MR) is 122 cm³/mol. The number of likely N-dealkylation sites (N-methyl/N-ethyl adjacent to an activating group) is 1. The van der Waals surface area contributed by atoms with Crippen LogP contribution in [0.25, 0.3) is 11.1 Å². The monoisotopic (exact) mass is 430 g/mol. The number of nitrogens with one attached hydrogen (secondary N) is 1. The second-order valence-electron chi connectivity index (χ2n) is 7.90. The van der Waals surface area contributed by atoms with Gasteiger partial charge in [0.25, 0.3) is 5.91 Å². The van der Waals surface area contributed by atoms with Crippen LogP contribution in [0.2, 0.25) is 0 Å². The smallest absolute Gasteiger partial charge is 0.270 e. The fraction of sp³-hybridized carbons (Fsp3) is 0.280. The molecule has 1 N–H and O–H groups in total. The molecule has 0 saturated carbocycles. The molecule has 1 fully saturated rings. The van der Waals surface area contributed by atoms with E-state index >= 15 is 0 Å². The summed E-state index contributed by atoms with van der Waals surface area (Å²) in [6.45, 7) is 3.73. The number of aromatic nitrogens is 2. The van der Waals surface area contributed by atoms with Crippen molar-refractivity contribution in [2.24, 2.45) is 5.92 Å². The molecule has 1 saturated heterocycles. The number of H-pyrrole nitrogens is 1. The fourth-order valence-corrected chi connectivity index (χ4v) is 4.21. The Hall–Kier alpha value is -3.74. The number of rotatable bonds is 5. The number of amides is 2. The molecule has 3 aromatic rings. The fourth-order valence-electron chi connectivity index (χ4n) is 4.21. The molecule has 0 bridgehead atoms. The van der Waals surface area contributed by atoms with Crippen LogP contribution in [0.4, 0.5) is 0 Å². The first kappa shape index (κ1) is 21.5. The Labute approximate surface area is 186 Å². The van der Waals surface area contributed by atoms with Crippen molar-refractivity contribution >= 4 is 11.8 Å². The van der Waals surface area contributed by atoms with E-state index < -0.39 is 0 Å². The minimum absolute atomic E-state index is 0.0466. The summed E-state index contributed by atoms with van der Waals surface area (Å²) in [6, 6.07) is 16.4. The second-order valence-corrected chi connectivity index (χ2v) is 7.90. The third-order valence-corrected chi connectivity index (χ3v) is 5.87. The van der Waals surface area contributed by atoms with Gasteiger partial charge in [-0.15, -0.1) is 0 Å². The van der Waals surface area contributed by atoms with Crippen LogP contribution in [0.15, 0.2) is 71.8 Å². The molecule has 32 heavy (non-hydrogen) atoms. The first-order chi connectivity index (χ1) is 15.6. The highest BCUT2D eigenvalue weighted by Gasteiger charge is 2.32. The number of benzene rings is 1. The van der Waals surface area contributed by atoms with Gasteiger partial charge in [-0.05, 0) is 36.6 Å². The SMILES string of the molecule is CCN1CCN(C(=O)c2cccc(=O)[nH]2)CC(Cc2ccccc2-c2cccnc2)C1=O. The second kappa shape index (κ2) is 9.60. The molecule has 1 atom stereocenters. The summed E-state index contributed by atoms with van der Waals surface area (Å²) < 4.78 is 0. The standard InChI is InChI=1S/C25H26N4O3/c1-2-28-13-14-29(25(32)22-10-5-11-23(30)27-22)17-20(24(28)31)15-18-7-3-4-9-21(18)19-8-6-12-26-16-19/h3-12,16,20H,2,13-15,17H2,1H3,(H,27,30). The van der Waals surface area contributed by atoms with Gasteiger partial charge in [-0.2, -0.15) is 0 Å². The van der Waals surface area contributed by atoms with Crippen LogP contribution in [0.1, 0.15) is 23.0 Å². The largest absolute Gasteiger partial charge is 0.341 e.